The maximum Gasteiger partial charge on any atom is 0.206 e. The Kier molecular flexibility index (Phi) is 3.30. The standard InChI is InChI=1S/C14H18N2/c1-13-5-3-7-15(11-13)9-10-16-8-4-6-14(2)12-16/h3-8,11-12H,9-10H2,1-2H3/q+2. The zero-order valence-corrected chi connectivity index (χ0v) is 9.93. The molecule has 0 N–H and O–H groups in total. The van der Waals surface area contributed by atoms with Gasteiger partial charge in [-0.1, -0.05) is 0 Å². The largest absolute Gasteiger partial charge is 0.206 e. The minimum absolute atomic E-state index is 1.01. The van der Waals surface area contributed by atoms with E-state index in [-0.39, 0.29) is 0 Å². The highest BCUT2D eigenvalue weighted by Gasteiger charge is 2.05. The van der Waals surface area contributed by atoms with E-state index in [0.29, 0.717) is 0 Å². The van der Waals surface area contributed by atoms with E-state index < -0.39 is 0 Å². The maximum absolute atomic E-state index is 2.23. The fourth-order valence-corrected chi connectivity index (χ4v) is 1.82. The summed E-state index contributed by atoms with van der Waals surface area (Å²) >= 11 is 0. The van der Waals surface area contributed by atoms with E-state index in [4.69, 9.17) is 0 Å². The van der Waals surface area contributed by atoms with Crippen LogP contribution in [0.4, 0.5) is 0 Å². The molecular formula is C14H18N2+2. The molecule has 0 saturated heterocycles. The lowest BCUT2D eigenvalue weighted by Gasteiger charge is -1.97. The van der Waals surface area contributed by atoms with E-state index in [2.05, 4.69) is 72.0 Å². The number of nitrogens with zero attached hydrogens (tertiary/aromatic N) is 2. The summed E-state index contributed by atoms with van der Waals surface area (Å²) in [6.07, 6.45) is 8.58. The van der Waals surface area contributed by atoms with Crippen molar-refractivity contribution in [3.8, 4) is 0 Å². The molecule has 2 aromatic heterocycles. The quantitative estimate of drug-likeness (QED) is 0.685. The van der Waals surface area contributed by atoms with Crippen LogP contribution in [0.3, 0.4) is 0 Å². The third-order valence-electron chi connectivity index (χ3n) is 2.63. The molecule has 2 heteroatoms. The molecular weight excluding hydrogens is 196 g/mol. The number of aryl methyl sites for hydroxylation is 4. The van der Waals surface area contributed by atoms with Crippen molar-refractivity contribution in [2.24, 2.45) is 0 Å². The predicted octanol–water partition coefficient (Wildman–Crippen LogP) is 1.58. The molecule has 16 heavy (non-hydrogen) atoms. The zero-order chi connectivity index (χ0) is 11.4. The van der Waals surface area contributed by atoms with Crippen LogP contribution in [0.2, 0.25) is 0 Å². The van der Waals surface area contributed by atoms with Crippen molar-refractivity contribution in [3.63, 3.8) is 0 Å². The monoisotopic (exact) mass is 214 g/mol. The van der Waals surface area contributed by atoms with Gasteiger partial charge >= 0.3 is 0 Å². The van der Waals surface area contributed by atoms with Crippen molar-refractivity contribution in [2.75, 3.05) is 0 Å². The van der Waals surface area contributed by atoms with Crippen LogP contribution >= 0.6 is 0 Å². The lowest BCUT2D eigenvalue weighted by Crippen LogP contribution is -2.44. The molecule has 2 rings (SSSR count). The fraction of sp³-hybridized carbons (Fsp3) is 0.286. The average molecular weight is 214 g/mol. The Bertz CT molecular complexity index is 432. The van der Waals surface area contributed by atoms with Crippen LogP contribution in [-0.2, 0) is 13.1 Å². The van der Waals surface area contributed by atoms with Crippen LogP contribution in [0, 0.1) is 13.8 Å². The van der Waals surface area contributed by atoms with E-state index in [1.807, 2.05) is 0 Å². The number of aromatic nitrogens is 2. The Morgan fingerprint density at radius 1 is 0.812 bits per heavy atom. The van der Waals surface area contributed by atoms with Crippen molar-refractivity contribution in [3.05, 3.63) is 60.2 Å². The molecule has 0 aliphatic carbocycles. The van der Waals surface area contributed by atoms with Gasteiger partial charge in [0.15, 0.2) is 24.8 Å². The molecule has 0 bridgehead atoms. The Balaban J connectivity index is 2.02. The van der Waals surface area contributed by atoms with Crippen LogP contribution in [0.1, 0.15) is 11.1 Å². The average Bonchev–Trinajstić information content (AvgIpc) is 2.27. The number of hydrogen-bond donors (Lipinski definition) is 0. The minimum Gasteiger partial charge on any atom is -0.198 e. The summed E-state index contributed by atoms with van der Waals surface area (Å²) in [5.41, 5.74) is 2.61. The van der Waals surface area contributed by atoms with Gasteiger partial charge in [0.1, 0.15) is 0 Å². The van der Waals surface area contributed by atoms with Gasteiger partial charge in [-0.3, -0.25) is 0 Å². The Labute approximate surface area is 96.8 Å². The van der Waals surface area contributed by atoms with Crippen molar-refractivity contribution < 1.29 is 9.13 Å². The highest BCUT2D eigenvalue weighted by Crippen LogP contribution is 1.90. The SMILES string of the molecule is Cc1ccc[n+](CC[n+]2cccc(C)c2)c1. The van der Waals surface area contributed by atoms with Gasteiger partial charge < -0.3 is 0 Å². The van der Waals surface area contributed by atoms with E-state index in [1.165, 1.54) is 11.1 Å². The molecule has 2 nitrogen and oxygen atoms in total. The maximum atomic E-state index is 2.23. The predicted molar refractivity (Wildman–Crippen MR) is 62.7 cm³/mol. The Hall–Kier alpha value is -1.70. The second kappa shape index (κ2) is 4.88. The molecule has 2 heterocycles. The molecule has 0 fully saturated rings. The van der Waals surface area contributed by atoms with E-state index in [1.54, 1.807) is 0 Å². The summed E-state index contributed by atoms with van der Waals surface area (Å²) in [4.78, 5) is 0. The summed E-state index contributed by atoms with van der Waals surface area (Å²) in [6.45, 7) is 6.26. The van der Waals surface area contributed by atoms with Crippen molar-refractivity contribution >= 4 is 0 Å². The van der Waals surface area contributed by atoms with Crippen LogP contribution in [0.15, 0.2) is 49.1 Å². The molecule has 0 atom stereocenters. The third kappa shape index (κ3) is 2.89. The molecule has 82 valence electrons. The number of rotatable bonds is 3. The van der Waals surface area contributed by atoms with Crippen LogP contribution in [0.25, 0.3) is 0 Å². The lowest BCUT2D eigenvalue weighted by molar-refractivity contribution is -0.778. The van der Waals surface area contributed by atoms with Gasteiger partial charge in [0.05, 0.1) is 0 Å². The van der Waals surface area contributed by atoms with E-state index in [0.717, 1.165) is 13.1 Å². The van der Waals surface area contributed by atoms with Crippen LogP contribution in [-0.4, -0.2) is 0 Å². The third-order valence-corrected chi connectivity index (χ3v) is 2.63. The Morgan fingerprint density at radius 2 is 1.25 bits per heavy atom. The van der Waals surface area contributed by atoms with Gasteiger partial charge in [0.2, 0.25) is 13.1 Å². The molecule has 0 radical (unpaired) electrons. The van der Waals surface area contributed by atoms with Gasteiger partial charge in [0.25, 0.3) is 0 Å². The second-order valence-corrected chi connectivity index (χ2v) is 4.24. The van der Waals surface area contributed by atoms with E-state index in [9.17, 15) is 0 Å². The topological polar surface area (TPSA) is 7.76 Å². The molecule has 0 unspecified atom stereocenters. The van der Waals surface area contributed by atoms with Crippen LogP contribution in [0.5, 0.6) is 0 Å². The summed E-state index contributed by atoms with van der Waals surface area (Å²) in [5, 5.41) is 0. The summed E-state index contributed by atoms with van der Waals surface area (Å²) in [5.74, 6) is 0. The lowest BCUT2D eigenvalue weighted by atomic mass is 10.3. The van der Waals surface area contributed by atoms with Gasteiger partial charge in [-0.05, 0) is 26.0 Å². The minimum atomic E-state index is 1.01. The fourth-order valence-electron chi connectivity index (χ4n) is 1.82. The van der Waals surface area contributed by atoms with Crippen molar-refractivity contribution in [2.45, 2.75) is 26.9 Å². The summed E-state index contributed by atoms with van der Waals surface area (Å²) in [6, 6.07) is 8.43. The van der Waals surface area contributed by atoms with Gasteiger partial charge in [-0.15, -0.1) is 0 Å². The van der Waals surface area contributed by atoms with Gasteiger partial charge in [-0.25, -0.2) is 0 Å². The molecule has 0 amide bonds. The highest BCUT2D eigenvalue weighted by molar-refractivity contribution is 5.01. The summed E-state index contributed by atoms with van der Waals surface area (Å²) < 4.78 is 4.45. The van der Waals surface area contributed by atoms with Gasteiger partial charge in [-0.2, -0.15) is 9.13 Å². The number of hydrogen-bond acceptors (Lipinski definition) is 0. The first-order valence-electron chi connectivity index (χ1n) is 5.65. The Morgan fingerprint density at radius 3 is 1.62 bits per heavy atom. The summed E-state index contributed by atoms with van der Waals surface area (Å²) in [7, 11) is 0. The van der Waals surface area contributed by atoms with Crippen molar-refractivity contribution in [1.29, 1.82) is 0 Å². The molecule has 0 aliphatic heterocycles. The van der Waals surface area contributed by atoms with E-state index >= 15 is 0 Å². The first-order valence-corrected chi connectivity index (χ1v) is 5.65. The van der Waals surface area contributed by atoms with Gasteiger partial charge in [0, 0.05) is 23.3 Å². The van der Waals surface area contributed by atoms with Crippen LogP contribution < -0.4 is 9.13 Å². The smallest absolute Gasteiger partial charge is 0.198 e. The second-order valence-electron chi connectivity index (χ2n) is 4.24. The zero-order valence-electron chi connectivity index (χ0n) is 9.93. The molecule has 0 spiro atoms. The normalized spacial score (nSPS) is 10.4. The first kappa shape index (κ1) is 10.8. The first-order chi connectivity index (χ1) is 7.74. The molecule has 0 aromatic carbocycles. The molecule has 0 saturated carbocycles. The number of pyridine rings is 2. The molecule has 2 aromatic rings. The highest BCUT2D eigenvalue weighted by atomic mass is 15.0. The molecule has 0 aliphatic rings. The van der Waals surface area contributed by atoms with Crippen molar-refractivity contribution in [1.82, 2.24) is 0 Å².